The fourth-order valence-corrected chi connectivity index (χ4v) is 3.27. The minimum Gasteiger partial charge on any atom is -0.481 e. The van der Waals surface area contributed by atoms with Crippen molar-refractivity contribution in [2.75, 3.05) is 24.3 Å². The van der Waals surface area contributed by atoms with Crippen LogP contribution in [-0.2, 0) is 13.0 Å². The molecule has 10 heteroatoms. The van der Waals surface area contributed by atoms with Crippen LogP contribution in [0.25, 0.3) is 17.0 Å². The number of aromatic amines is 1. The third kappa shape index (κ3) is 2.62. The smallest absolute Gasteiger partial charge is 0.212 e. The molecule has 0 aromatic carbocycles. The van der Waals surface area contributed by atoms with Crippen LogP contribution >= 0.6 is 0 Å². The molecule has 10 nitrogen and oxygen atoms in total. The monoisotopic (exact) mass is 363 g/mol. The molecule has 3 N–H and O–H groups in total. The third-order valence-electron chi connectivity index (χ3n) is 4.68. The maximum Gasteiger partial charge on any atom is 0.212 e. The second-order valence-electron chi connectivity index (χ2n) is 6.30. The van der Waals surface area contributed by atoms with Crippen LogP contribution in [0.5, 0.6) is 5.88 Å². The predicted octanol–water partition coefficient (Wildman–Crippen LogP) is 1.06. The standard InChI is InChI=1S/C17H17N9O/c1-27-15-3-2-10(7-19-15)16-21-11-4-5-25(8-12(11)22-16)13-6-14-24-20-9-26(14)17(18)23-13/h2-3,6-7,9H,4-5,8H2,1H3,(H2,18,23)(H,21,22). The van der Waals surface area contributed by atoms with Crippen molar-refractivity contribution >= 4 is 17.4 Å². The first kappa shape index (κ1) is 15.6. The van der Waals surface area contributed by atoms with E-state index in [-0.39, 0.29) is 0 Å². The Morgan fingerprint density at radius 2 is 2.19 bits per heavy atom. The highest BCUT2D eigenvalue weighted by molar-refractivity contribution is 5.58. The van der Waals surface area contributed by atoms with Gasteiger partial charge in [0.15, 0.2) is 5.65 Å². The van der Waals surface area contributed by atoms with Crippen LogP contribution in [0.2, 0.25) is 0 Å². The van der Waals surface area contributed by atoms with Crippen molar-refractivity contribution in [1.29, 1.82) is 0 Å². The summed E-state index contributed by atoms with van der Waals surface area (Å²) in [6.45, 7) is 1.47. The molecular weight excluding hydrogens is 346 g/mol. The van der Waals surface area contributed by atoms with Gasteiger partial charge >= 0.3 is 0 Å². The van der Waals surface area contributed by atoms with Crippen LogP contribution in [-0.4, -0.2) is 48.2 Å². The van der Waals surface area contributed by atoms with Crippen molar-refractivity contribution in [2.45, 2.75) is 13.0 Å². The summed E-state index contributed by atoms with van der Waals surface area (Å²) >= 11 is 0. The lowest BCUT2D eigenvalue weighted by Gasteiger charge is -2.27. The van der Waals surface area contributed by atoms with Gasteiger partial charge in [-0.2, -0.15) is 4.98 Å². The number of nitrogens with one attached hydrogen (secondary N) is 1. The minimum atomic E-state index is 0.368. The molecule has 4 aromatic heterocycles. The molecule has 5 rings (SSSR count). The normalized spacial score (nSPS) is 13.7. The molecule has 0 spiro atoms. The van der Waals surface area contributed by atoms with E-state index in [1.165, 1.54) is 0 Å². The van der Waals surface area contributed by atoms with Crippen LogP contribution in [0.3, 0.4) is 0 Å². The van der Waals surface area contributed by atoms with E-state index in [4.69, 9.17) is 15.5 Å². The molecule has 5 heterocycles. The summed E-state index contributed by atoms with van der Waals surface area (Å²) in [4.78, 5) is 19.0. The lowest BCUT2D eigenvalue weighted by molar-refractivity contribution is 0.398. The number of ether oxygens (including phenoxy) is 1. The zero-order valence-electron chi connectivity index (χ0n) is 14.6. The van der Waals surface area contributed by atoms with E-state index < -0.39 is 0 Å². The quantitative estimate of drug-likeness (QED) is 0.554. The van der Waals surface area contributed by atoms with Crippen molar-refractivity contribution < 1.29 is 4.74 Å². The maximum absolute atomic E-state index is 6.01. The van der Waals surface area contributed by atoms with Crippen LogP contribution in [0, 0.1) is 0 Å². The Balaban J connectivity index is 1.44. The Labute approximate surface area is 154 Å². The van der Waals surface area contributed by atoms with E-state index in [9.17, 15) is 0 Å². The summed E-state index contributed by atoms with van der Waals surface area (Å²) in [5, 5.41) is 7.94. The molecular formula is C17H17N9O. The average Bonchev–Trinajstić information content (AvgIpc) is 3.34. The van der Waals surface area contributed by atoms with Gasteiger partial charge in [0.05, 0.1) is 25.0 Å². The first-order chi connectivity index (χ1) is 13.2. The summed E-state index contributed by atoms with van der Waals surface area (Å²) in [6, 6.07) is 5.65. The molecule has 0 bridgehead atoms. The minimum absolute atomic E-state index is 0.368. The number of methoxy groups -OCH3 is 1. The Morgan fingerprint density at radius 3 is 3.00 bits per heavy atom. The van der Waals surface area contributed by atoms with Gasteiger partial charge in [0.2, 0.25) is 11.8 Å². The number of nitrogens with two attached hydrogens (primary N) is 1. The number of H-pyrrole nitrogens is 1. The summed E-state index contributed by atoms with van der Waals surface area (Å²) in [5.41, 5.74) is 9.74. The van der Waals surface area contributed by atoms with Crippen LogP contribution in [0.1, 0.15) is 11.4 Å². The van der Waals surface area contributed by atoms with Gasteiger partial charge in [-0.1, -0.05) is 0 Å². The van der Waals surface area contributed by atoms with E-state index in [0.29, 0.717) is 24.0 Å². The number of rotatable bonds is 3. The van der Waals surface area contributed by atoms with Gasteiger partial charge in [-0.05, 0) is 6.07 Å². The maximum atomic E-state index is 6.01. The number of anilines is 2. The largest absolute Gasteiger partial charge is 0.481 e. The molecule has 0 aliphatic carbocycles. The predicted molar refractivity (Wildman–Crippen MR) is 98.3 cm³/mol. The van der Waals surface area contributed by atoms with E-state index in [2.05, 4.69) is 30.0 Å². The van der Waals surface area contributed by atoms with Gasteiger partial charge in [0, 0.05) is 36.9 Å². The molecule has 0 radical (unpaired) electrons. The molecule has 0 amide bonds. The van der Waals surface area contributed by atoms with Crippen molar-refractivity contribution in [3.05, 3.63) is 42.1 Å². The number of fused-ring (bicyclic) bond motifs is 2. The first-order valence-electron chi connectivity index (χ1n) is 8.50. The van der Waals surface area contributed by atoms with Crippen LogP contribution in [0.15, 0.2) is 30.7 Å². The van der Waals surface area contributed by atoms with E-state index in [1.807, 2.05) is 18.2 Å². The Kier molecular flexibility index (Phi) is 3.42. The summed E-state index contributed by atoms with van der Waals surface area (Å²) in [6.07, 6.45) is 4.12. The third-order valence-corrected chi connectivity index (χ3v) is 4.68. The first-order valence-corrected chi connectivity index (χ1v) is 8.50. The number of nitrogens with zero attached hydrogens (tertiary/aromatic N) is 7. The number of hydrogen-bond acceptors (Lipinski definition) is 8. The van der Waals surface area contributed by atoms with Crippen molar-refractivity contribution in [3.8, 4) is 17.3 Å². The van der Waals surface area contributed by atoms with Crippen LogP contribution < -0.4 is 15.4 Å². The Hall–Kier alpha value is -3.69. The lowest BCUT2D eigenvalue weighted by Crippen LogP contribution is -2.31. The Bertz CT molecular complexity index is 1120. The second kappa shape index (κ2) is 5.94. The highest BCUT2D eigenvalue weighted by Crippen LogP contribution is 2.26. The fraction of sp³-hybridized carbons (Fsp3) is 0.235. The summed E-state index contributed by atoms with van der Waals surface area (Å²) < 4.78 is 6.76. The van der Waals surface area contributed by atoms with Crippen molar-refractivity contribution in [3.63, 3.8) is 0 Å². The van der Waals surface area contributed by atoms with Crippen molar-refractivity contribution in [1.82, 2.24) is 34.5 Å². The van der Waals surface area contributed by atoms with Gasteiger partial charge in [-0.15, -0.1) is 10.2 Å². The highest BCUT2D eigenvalue weighted by Gasteiger charge is 2.22. The second-order valence-corrected chi connectivity index (χ2v) is 6.30. The number of nitrogen functional groups attached to an aromatic ring is 1. The molecule has 1 aliphatic rings. The number of aromatic nitrogens is 7. The molecule has 0 unspecified atom stereocenters. The van der Waals surface area contributed by atoms with E-state index in [0.717, 1.165) is 41.6 Å². The molecule has 4 aromatic rings. The molecule has 136 valence electrons. The van der Waals surface area contributed by atoms with E-state index in [1.54, 1.807) is 24.0 Å². The van der Waals surface area contributed by atoms with Gasteiger partial charge in [0.25, 0.3) is 0 Å². The van der Waals surface area contributed by atoms with Gasteiger partial charge in [-0.3, -0.25) is 4.40 Å². The fourth-order valence-electron chi connectivity index (χ4n) is 3.27. The van der Waals surface area contributed by atoms with Gasteiger partial charge in [0.1, 0.15) is 18.0 Å². The number of hydrogen-bond donors (Lipinski definition) is 2. The Morgan fingerprint density at radius 1 is 1.26 bits per heavy atom. The SMILES string of the molecule is COc1ccc(-c2nc3c([nH]2)CN(c2cc4nncn4c(N)n2)CC3)cn1. The van der Waals surface area contributed by atoms with Gasteiger partial charge in [-0.25, -0.2) is 9.97 Å². The zero-order valence-corrected chi connectivity index (χ0v) is 14.6. The topological polar surface area (TPSA) is 123 Å². The number of pyridine rings is 1. The molecule has 0 atom stereocenters. The van der Waals surface area contributed by atoms with Crippen molar-refractivity contribution in [2.24, 2.45) is 0 Å². The van der Waals surface area contributed by atoms with E-state index >= 15 is 0 Å². The zero-order chi connectivity index (χ0) is 18.4. The molecule has 0 fully saturated rings. The van der Waals surface area contributed by atoms with Crippen LogP contribution in [0.4, 0.5) is 11.8 Å². The molecule has 1 aliphatic heterocycles. The average molecular weight is 363 g/mol. The summed E-state index contributed by atoms with van der Waals surface area (Å²) in [5.74, 6) is 2.53. The molecule has 0 saturated carbocycles. The highest BCUT2D eigenvalue weighted by atomic mass is 16.5. The summed E-state index contributed by atoms with van der Waals surface area (Å²) in [7, 11) is 1.60. The number of imidazole rings is 1. The molecule has 0 saturated heterocycles. The molecule has 27 heavy (non-hydrogen) atoms. The lowest BCUT2D eigenvalue weighted by atomic mass is 10.1. The van der Waals surface area contributed by atoms with Gasteiger partial charge < -0.3 is 20.4 Å².